The second kappa shape index (κ2) is 7.25. The van der Waals surface area contributed by atoms with Gasteiger partial charge in [0, 0.05) is 12.6 Å². The van der Waals surface area contributed by atoms with Crippen LogP contribution in [0.1, 0.15) is 31.4 Å². The standard InChI is InChI=1S/C13H21NO2/c1-3-16-12-8-6-11(7-9-12)13(14-2)5-4-10-15/h6-9,13-15H,3-5,10H2,1-2H3. The van der Waals surface area contributed by atoms with E-state index in [1.165, 1.54) is 5.56 Å². The second-order valence-electron chi connectivity index (χ2n) is 3.71. The molecule has 2 N–H and O–H groups in total. The van der Waals surface area contributed by atoms with Crippen molar-refractivity contribution in [3.8, 4) is 5.75 Å². The van der Waals surface area contributed by atoms with E-state index >= 15 is 0 Å². The smallest absolute Gasteiger partial charge is 0.119 e. The van der Waals surface area contributed by atoms with Gasteiger partial charge < -0.3 is 15.2 Å². The summed E-state index contributed by atoms with van der Waals surface area (Å²) in [5, 5.41) is 12.1. The Balaban J connectivity index is 2.62. The summed E-state index contributed by atoms with van der Waals surface area (Å²) >= 11 is 0. The summed E-state index contributed by atoms with van der Waals surface area (Å²) in [6.45, 7) is 2.92. The number of aliphatic hydroxyl groups is 1. The molecule has 0 bridgehead atoms. The highest BCUT2D eigenvalue weighted by Gasteiger charge is 2.08. The normalized spacial score (nSPS) is 12.4. The van der Waals surface area contributed by atoms with Crippen molar-refractivity contribution in [1.82, 2.24) is 5.32 Å². The highest BCUT2D eigenvalue weighted by molar-refractivity contribution is 5.29. The Morgan fingerprint density at radius 2 is 2.00 bits per heavy atom. The van der Waals surface area contributed by atoms with Gasteiger partial charge in [-0.2, -0.15) is 0 Å². The molecule has 3 nitrogen and oxygen atoms in total. The molecule has 0 saturated carbocycles. The number of hydrogen-bond donors (Lipinski definition) is 2. The molecule has 0 aliphatic heterocycles. The molecule has 0 aromatic heterocycles. The van der Waals surface area contributed by atoms with Gasteiger partial charge in [-0.25, -0.2) is 0 Å². The molecule has 0 radical (unpaired) electrons. The van der Waals surface area contributed by atoms with Crippen molar-refractivity contribution in [3.05, 3.63) is 29.8 Å². The number of benzene rings is 1. The summed E-state index contributed by atoms with van der Waals surface area (Å²) in [6, 6.07) is 8.43. The Hall–Kier alpha value is -1.06. The van der Waals surface area contributed by atoms with Crippen molar-refractivity contribution in [2.45, 2.75) is 25.8 Å². The third-order valence-electron chi connectivity index (χ3n) is 2.59. The summed E-state index contributed by atoms with van der Waals surface area (Å²) in [5.41, 5.74) is 1.24. The molecule has 1 rings (SSSR count). The molecule has 0 aliphatic carbocycles. The molecule has 1 aromatic rings. The lowest BCUT2D eigenvalue weighted by molar-refractivity contribution is 0.276. The van der Waals surface area contributed by atoms with Crippen LogP contribution in [0.25, 0.3) is 0 Å². The SMILES string of the molecule is CCOc1ccc(C(CCCO)NC)cc1. The minimum absolute atomic E-state index is 0.245. The Kier molecular flexibility index (Phi) is 5.90. The number of nitrogens with one attached hydrogen (secondary N) is 1. The minimum atomic E-state index is 0.245. The first kappa shape index (κ1) is 13.0. The van der Waals surface area contributed by atoms with Gasteiger partial charge in [0.1, 0.15) is 5.75 Å². The van der Waals surface area contributed by atoms with Crippen molar-refractivity contribution < 1.29 is 9.84 Å². The van der Waals surface area contributed by atoms with Gasteiger partial charge in [0.25, 0.3) is 0 Å². The fraction of sp³-hybridized carbons (Fsp3) is 0.538. The first-order chi connectivity index (χ1) is 7.81. The van der Waals surface area contributed by atoms with Crippen molar-refractivity contribution in [3.63, 3.8) is 0 Å². The molecular weight excluding hydrogens is 202 g/mol. The lowest BCUT2D eigenvalue weighted by Gasteiger charge is -2.16. The van der Waals surface area contributed by atoms with Crippen molar-refractivity contribution in [2.24, 2.45) is 0 Å². The zero-order valence-electron chi connectivity index (χ0n) is 10.1. The van der Waals surface area contributed by atoms with Crippen LogP contribution in [0.2, 0.25) is 0 Å². The van der Waals surface area contributed by atoms with Crippen molar-refractivity contribution in [1.29, 1.82) is 0 Å². The van der Waals surface area contributed by atoms with Gasteiger partial charge in [-0.15, -0.1) is 0 Å². The lowest BCUT2D eigenvalue weighted by atomic mass is 10.0. The maximum absolute atomic E-state index is 8.82. The molecule has 1 unspecified atom stereocenters. The monoisotopic (exact) mass is 223 g/mol. The minimum Gasteiger partial charge on any atom is -0.494 e. The van der Waals surface area contributed by atoms with Crippen LogP contribution in [0.5, 0.6) is 5.75 Å². The van der Waals surface area contributed by atoms with Crippen LogP contribution in [0.15, 0.2) is 24.3 Å². The van der Waals surface area contributed by atoms with Crippen LogP contribution in [-0.4, -0.2) is 25.4 Å². The van der Waals surface area contributed by atoms with Gasteiger partial charge in [-0.1, -0.05) is 12.1 Å². The fourth-order valence-corrected chi connectivity index (χ4v) is 1.74. The predicted octanol–water partition coefficient (Wildman–Crippen LogP) is 2.12. The summed E-state index contributed by atoms with van der Waals surface area (Å²) in [5.74, 6) is 0.906. The Morgan fingerprint density at radius 3 is 2.50 bits per heavy atom. The van der Waals surface area contributed by atoms with Gasteiger partial charge in [0.2, 0.25) is 0 Å². The van der Waals surface area contributed by atoms with E-state index in [1.807, 2.05) is 26.1 Å². The van der Waals surface area contributed by atoms with Crippen molar-refractivity contribution in [2.75, 3.05) is 20.3 Å². The largest absolute Gasteiger partial charge is 0.494 e. The van der Waals surface area contributed by atoms with Crippen LogP contribution < -0.4 is 10.1 Å². The van der Waals surface area contributed by atoms with Gasteiger partial charge >= 0.3 is 0 Å². The van der Waals surface area contributed by atoms with Crippen LogP contribution in [-0.2, 0) is 0 Å². The zero-order chi connectivity index (χ0) is 11.8. The summed E-state index contributed by atoms with van der Waals surface area (Å²) in [4.78, 5) is 0. The molecule has 16 heavy (non-hydrogen) atoms. The summed E-state index contributed by atoms with van der Waals surface area (Å²) < 4.78 is 5.39. The molecule has 1 atom stereocenters. The van der Waals surface area contributed by atoms with Gasteiger partial charge in [0.05, 0.1) is 6.61 Å². The predicted molar refractivity (Wildman–Crippen MR) is 65.7 cm³/mol. The average molecular weight is 223 g/mol. The molecule has 0 saturated heterocycles. The fourth-order valence-electron chi connectivity index (χ4n) is 1.74. The summed E-state index contributed by atoms with van der Waals surface area (Å²) in [7, 11) is 1.94. The van der Waals surface area contributed by atoms with E-state index in [2.05, 4.69) is 17.4 Å². The van der Waals surface area contributed by atoms with E-state index in [0.29, 0.717) is 12.6 Å². The van der Waals surface area contributed by atoms with Crippen LogP contribution >= 0.6 is 0 Å². The van der Waals surface area contributed by atoms with Crippen LogP contribution in [0.4, 0.5) is 0 Å². The number of aliphatic hydroxyl groups excluding tert-OH is 1. The van der Waals surface area contributed by atoms with E-state index in [1.54, 1.807) is 0 Å². The zero-order valence-corrected chi connectivity index (χ0v) is 10.1. The molecule has 0 spiro atoms. The molecule has 90 valence electrons. The molecule has 0 fully saturated rings. The molecule has 3 heteroatoms. The molecule has 0 amide bonds. The van der Waals surface area contributed by atoms with Gasteiger partial charge in [-0.05, 0) is 44.5 Å². The third kappa shape index (κ3) is 3.83. The molecular formula is C13H21NO2. The highest BCUT2D eigenvalue weighted by Crippen LogP contribution is 2.21. The Morgan fingerprint density at radius 1 is 1.31 bits per heavy atom. The van der Waals surface area contributed by atoms with Crippen LogP contribution in [0.3, 0.4) is 0 Å². The number of rotatable bonds is 7. The van der Waals surface area contributed by atoms with Gasteiger partial charge in [-0.3, -0.25) is 0 Å². The lowest BCUT2D eigenvalue weighted by Crippen LogP contribution is -2.16. The summed E-state index contributed by atoms with van der Waals surface area (Å²) in [6.07, 6.45) is 1.76. The maximum Gasteiger partial charge on any atom is 0.119 e. The third-order valence-corrected chi connectivity index (χ3v) is 2.59. The number of hydrogen-bond acceptors (Lipinski definition) is 3. The van der Waals surface area contributed by atoms with Crippen molar-refractivity contribution >= 4 is 0 Å². The second-order valence-corrected chi connectivity index (χ2v) is 3.71. The molecule has 0 aliphatic rings. The Bertz CT molecular complexity index is 284. The highest BCUT2D eigenvalue weighted by atomic mass is 16.5. The topological polar surface area (TPSA) is 41.5 Å². The van der Waals surface area contributed by atoms with E-state index in [9.17, 15) is 0 Å². The van der Waals surface area contributed by atoms with E-state index in [-0.39, 0.29) is 6.61 Å². The van der Waals surface area contributed by atoms with E-state index in [0.717, 1.165) is 18.6 Å². The molecule has 1 aromatic carbocycles. The maximum atomic E-state index is 8.82. The average Bonchev–Trinajstić information content (AvgIpc) is 2.32. The van der Waals surface area contributed by atoms with Gasteiger partial charge in [0.15, 0.2) is 0 Å². The Labute approximate surface area is 97.4 Å². The number of ether oxygens (including phenoxy) is 1. The van der Waals surface area contributed by atoms with E-state index in [4.69, 9.17) is 9.84 Å². The first-order valence-corrected chi connectivity index (χ1v) is 5.82. The molecule has 0 heterocycles. The quantitative estimate of drug-likeness (QED) is 0.744. The van der Waals surface area contributed by atoms with Crippen LogP contribution in [0, 0.1) is 0 Å². The van der Waals surface area contributed by atoms with E-state index < -0.39 is 0 Å². The first-order valence-electron chi connectivity index (χ1n) is 5.82.